The summed E-state index contributed by atoms with van der Waals surface area (Å²) >= 11 is 3.18. The Labute approximate surface area is 130 Å². The first-order chi connectivity index (χ1) is 10.2. The fraction of sp³-hybridized carbons (Fsp3) is 0.200. The van der Waals surface area contributed by atoms with E-state index in [1.165, 1.54) is 0 Å². The number of hydrogen-bond donors (Lipinski definition) is 1. The Bertz CT molecular complexity index is 669. The minimum absolute atomic E-state index is 0.0618. The van der Waals surface area contributed by atoms with Gasteiger partial charge in [-0.2, -0.15) is 0 Å². The number of aliphatic carboxylic acids is 1. The van der Waals surface area contributed by atoms with Crippen molar-refractivity contribution < 1.29 is 14.7 Å². The summed E-state index contributed by atoms with van der Waals surface area (Å²) in [6, 6.07) is 10.8. The standard InChI is InChI=1S/C15H13NO3S2/c17-13(18)8-12-10-4-1-2-5-11(10)15(19)16(12)9-21-14-6-3-7-20-14/h1-7,12H,8-9H2,(H,17,18). The first kappa shape index (κ1) is 14.2. The normalized spacial score (nSPS) is 17.0. The number of benzene rings is 1. The number of rotatable bonds is 5. The number of carboxylic acids is 1. The third-order valence-electron chi connectivity index (χ3n) is 3.40. The Morgan fingerprint density at radius 3 is 2.81 bits per heavy atom. The lowest BCUT2D eigenvalue weighted by Crippen LogP contribution is -2.29. The molecule has 6 heteroatoms. The number of thiophene rings is 1. The van der Waals surface area contributed by atoms with Crippen molar-refractivity contribution in [1.82, 2.24) is 4.90 Å². The van der Waals surface area contributed by atoms with E-state index in [2.05, 4.69) is 0 Å². The Hall–Kier alpha value is -1.79. The van der Waals surface area contributed by atoms with Crippen LogP contribution in [0.1, 0.15) is 28.4 Å². The Morgan fingerprint density at radius 1 is 1.29 bits per heavy atom. The highest BCUT2D eigenvalue weighted by molar-refractivity contribution is 8.01. The first-order valence-electron chi connectivity index (χ1n) is 6.45. The van der Waals surface area contributed by atoms with Gasteiger partial charge in [0.2, 0.25) is 0 Å². The smallest absolute Gasteiger partial charge is 0.305 e. The molecule has 1 N–H and O–H groups in total. The predicted octanol–water partition coefficient (Wildman–Crippen LogP) is 3.47. The third-order valence-corrected chi connectivity index (χ3v) is 5.53. The van der Waals surface area contributed by atoms with Gasteiger partial charge < -0.3 is 10.0 Å². The molecule has 0 spiro atoms. The van der Waals surface area contributed by atoms with Gasteiger partial charge in [-0.15, -0.1) is 11.3 Å². The van der Waals surface area contributed by atoms with Crippen LogP contribution in [-0.4, -0.2) is 27.8 Å². The van der Waals surface area contributed by atoms with Gasteiger partial charge in [0.1, 0.15) is 0 Å². The van der Waals surface area contributed by atoms with Crippen LogP contribution in [0.3, 0.4) is 0 Å². The number of carboxylic acid groups (broad SMARTS) is 1. The number of amides is 1. The molecule has 0 aliphatic carbocycles. The van der Waals surface area contributed by atoms with Crippen LogP contribution in [0.25, 0.3) is 0 Å². The topological polar surface area (TPSA) is 57.6 Å². The zero-order valence-corrected chi connectivity index (χ0v) is 12.7. The number of hydrogen-bond acceptors (Lipinski definition) is 4. The third kappa shape index (κ3) is 2.82. The fourth-order valence-corrected chi connectivity index (χ4v) is 4.24. The summed E-state index contributed by atoms with van der Waals surface area (Å²) in [4.78, 5) is 25.2. The van der Waals surface area contributed by atoms with Crippen LogP contribution < -0.4 is 0 Å². The summed E-state index contributed by atoms with van der Waals surface area (Å²) in [6.07, 6.45) is -0.0618. The average Bonchev–Trinajstić information content (AvgIpc) is 3.06. The van der Waals surface area contributed by atoms with Crippen LogP contribution in [0.4, 0.5) is 0 Å². The molecule has 1 aromatic heterocycles. The second kappa shape index (κ2) is 5.91. The number of carbonyl (C=O) groups is 2. The van der Waals surface area contributed by atoms with Crippen LogP contribution in [0.2, 0.25) is 0 Å². The monoisotopic (exact) mass is 319 g/mol. The second-order valence-electron chi connectivity index (χ2n) is 4.68. The van der Waals surface area contributed by atoms with E-state index in [0.717, 1.165) is 9.77 Å². The molecule has 108 valence electrons. The van der Waals surface area contributed by atoms with Crippen molar-refractivity contribution in [3.8, 4) is 0 Å². The van der Waals surface area contributed by atoms with Gasteiger partial charge in [-0.3, -0.25) is 9.59 Å². The van der Waals surface area contributed by atoms with Crippen molar-refractivity contribution in [2.24, 2.45) is 0 Å². The van der Waals surface area contributed by atoms with E-state index in [1.807, 2.05) is 35.7 Å². The molecule has 0 radical (unpaired) electrons. The van der Waals surface area contributed by atoms with Gasteiger partial charge in [-0.25, -0.2) is 0 Å². The van der Waals surface area contributed by atoms with E-state index in [9.17, 15) is 9.59 Å². The molecular formula is C15H13NO3S2. The maximum Gasteiger partial charge on any atom is 0.305 e. The van der Waals surface area contributed by atoms with Crippen LogP contribution in [0.5, 0.6) is 0 Å². The summed E-state index contributed by atoms with van der Waals surface area (Å²) < 4.78 is 1.12. The van der Waals surface area contributed by atoms with Crippen molar-refractivity contribution in [3.05, 3.63) is 52.9 Å². The van der Waals surface area contributed by atoms with Gasteiger partial charge in [-0.05, 0) is 23.1 Å². The molecule has 0 bridgehead atoms. The molecule has 4 nitrogen and oxygen atoms in total. The summed E-state index contributed by atoms with van der Waals surface area (Å²) in [5, 5.41) is 11.1. The van der Waals surface area contributed by atoms with E-state index in [0.29, 0.717) is 11.4 Å². The number of carbonyl (C=O) groups excluding carboxylic acids is 1. The highest BCUT2D eigenvalue weighted by atomic mass is 32.2. The minimum Gasteiger partial charge on any atom is -0.481 e. The average molecular weight is 319 g/mol. The number of fused-ring (bicyclic) bond motifs is 1. The lowest BCUT2D eigenvalue weighted by atomic mass is 10.0. The molecule has 1 atom stereocenters. The van der Waals surface area contributed by atoms with Crippen molar-refractivity contribution >= 4 is 35.0 Å². The predicted molar refractivity (Wildman–Crippen MR) is 82.6 cm³/mol. The molecule has 0 fully saturated rings. The van der Waals surface area contributed by atoms with Gasteiger partial charge in [0.25, 0.3) is 5.91 Å². The molecular weight excluding hydrogens is 306 g/mol. The summed E-state index contributed by atoms with van der Waals surface area (Å²) in [6.45, 7) is 0. The van der Waals surface area contributed by atoms with Crippen molar-refractivity contribution in [2.45, 2.75) is 16.7 Å². The zero-order valence-electron chi connectivity index (χ0n) is 11.1. The highest BCUT2D eigenvalue weighted by Crippen LogP contribution is 2.38. The number of thioether (sulfide) groups is 1. The van der Waals surface area contributed by atoms with E-state index >= 15 is 0 Å². The Kier molecular flexibility index (Phi) is 3.98. The van der Waals surface area contributed by atoms with Crippen molar-refractivity contribution in [3.63, 3.8) is 0 Å². The Balaban J connectivity index is 1.84. The first-order valence-corrected chi connectivity index (χ1v) is 8.31. The molecule has 0 saturated heterocycles. The highest BCUT2D eigenvalue weighted by Gasteiger charge is 2.37. The molecule has 1 aliphatic rings. The molecule has 3 rings (SSSR count). The van der Waals surface area contributed by atoms with Crippen LogP contribution in [-0.2, 0) is 4.79 Å². The Morgan fingerprint density at radius 2 is 2.10 bits per heavy atom. The van der Waals surface area contributed by atoms with Crippen molar-refractivity contribution in [1.29, 1.82) is 0 Å². The molecule has 2 heterocycles. The molecule has 1 amide bonds. The SMILES string of the molecule is O=C(O)CC1c2ccccc2C(=O)N1CSc1cccs1. The van der Waals surface area contributed by atoms with E-state index < -0.39 is 5.97 Å². The van der Waals surface area contributed by atoms with Gasteiger partial charge >= 0.3 is 5.97 Å². The van der Waals surface area contributed by atoms with Crippen molar-refractivity contribution in [2.75, 3.05) is 5.88 Å². The van der Waals surface area contributed by atoms with Gasteiger partial charge in [0.05, 0.1) is 22.5 Å². The number of nitrogens with zero attached hydrogens (tertiary/aromatic N) is 1. The van der Waals surface area contributed by atoms with Gasteiger partial charge in [-0.1, -0.05) is 36.0 Å². The quantitative estimate of drug-likeness (QED) is 0.857. The summed E-state index contributed by atoms with van der Waals surface area (Å²) in [7, 11) is 0. The van der Waals surface area contributed by atoms with Crippen LogP contribution in [0.15, 0.2) is 46.0 Å². The lowest BCUT2D eigenvalue weighted by molar-refractivity contribution is -0.138. The molecule has 1 unspecified atom stereocenters. The van der Waals surface area contributed by atoms with E-state index in [1.54, 1.807) is 34.1 Å². The fourth-order valence-electron chi connectivity index (χ4n) is 2.46. The lowest BCUT2D eigenvalue weighted by Gasteiger charge is -2.23. The summed E-state index contributed by atoms with van der Waals surface area (Å²) in [5.74, 6) is -0.511. The van der Waals surface area contributed by atoms with Gasteiger partial charge in [0.15, 0.2) is 0 Å². The zero-order chi connectivity index (χ0) is 14.8. The van der Waals surface area contributed by atoms with Crippen LogP contribution in [0, 0.1) is 0 Å². The molecule has 2 aromatic rings. The van der Waals surface area contributed by atoms with Crippen LogP contribution >= 0.6 is 23.1 Å². The van der Waals surface area contributed by atoms with Gasteiger partial charge in [0, 0.05) is 5.56 Å². The molecule has 1 aliphatic heterocycles. The molecule has 1 aromatic carbocycles. The largest absolute Gasteiger partial charge is 0.481 e. The maximum atomic E-state index is 12.5. The minimum atomic E-state index is -0.893. The molecule has 21 heavy (non-hydrogen) atoms. The van der Waals surface area contributed by atoms with E-state index in [4.69, 9.17) is 5.11 Å². The summed E-state index contributed by atoms with van der Waals surface area (Å²) in [5.41, 5.74) is 1.44. The second-order valence-corrected chi connectivity index (χ2v) is 6.87. The maximum absolute atomic E-state index is 12.5. The van der Waals surface area contributed by atoms with E-state index in [-0.39, 0.29) is 18.4 Å². The molecule has 0 saturated carbocycles.